The molecule has 0 saturated carbocycles. The van der Waals surface area contributed by atoms with Crippen LogP contribution in [0.25, 0.3) is 0 Å². The van der Waals surface area contributed by atoms with Crippen molar-refractivity contribution >= 4 is 23.3 Å². The third kappa shape index (κ3) is 4.13. The highest BCUT2D eigenvalue weighted by Gasteiger charge is 2.25. The molecule has 0 bridgehead atoms. The topological polar surface area (TPSA) is 83.4 Å². The summed E-state index contributed by atoms with van der Waals surface area (Å²) < 4.78 is 18.5. The molecule has 1 heterocycles. The van der Waals surface area contributed by atoms with Crippen LogP contribution in [0, 0.1) is 5.82 Å². The lowest BCUT2D eigenvalue weighted by Crippen LogP contribution is -2.23. The van der Waals surface area contributed by atoms with Gasteiger partial charge in [-0.25, -0.2) is 9.18 Å². The maximum Gasteiger partial charge on any atom is 0.323 e. The number of hydrogen-bond donors (Lipinski definition) is 3. The van der Waals surface area contributed by atoms with Crippen LogP contribution in [-0.2, 0) is 5.41 Å². The molecule has 0 unspecified atom stereocenters. The number of halogens is 1. The quantitative estimate of drug-likeness (QED) is 0.800. The Kier molecular flexibility index (Phi) is 4.92. The summed E-state index contributed by atoms with van der Waals surface area (Å²) in [7, 11) is 1.48. The number of carbonyl (C=O) groups excluding carboxylic acids is 2. The molecule has 3 N–H and O–H groups in total. The number of urea groups is 1. The normalized spacial score (nSPS) is 11.0. The number of amides is 3. The second kappa shape index (κ2) is 6.74. The van der Waals surface area contributed by atoms with E-state index in [1.165, 1.54) is 31.3 Å². The summed E-state index contributed by atoms with van der Waals surface area (Å²) in [6.07, 6.45) is 0. The molecule has 0 fully saturated rings. The smallest absolute Gasteiger partial charge is 0.323 e. The molecule has 7 heteroatoms. The van der Waals surface area contributed by atoms with Crippen molar-refractivity contribution in [3.63, 3.8) is 0 Å². The maximum atomic E-state index is 12.9. The zero-order valence-electron chi connectivity index (χ0n) is 14.0. The van der Waals surface area contributed by atoms with Gasteiger partial charge in [0.25, 0.3) is 5.91 Å². The second-order valence-corrected chi connectivity index (χ2v) is 6.27. The summed E-state index contributed by atoms with van der Waals surface area (Å²) >= 11 is 0. The average molecular weight is 333 g/mol. The second-order valence-electron chi connectivity index (χ2n) is 6.27. The van der Waals surface area contributed by atoms with Gasteiger partial charge < -0.3 is 20.4 Å². The van der Waals surface area contributed by atoms with Crippen molar-refractivity contribution < 1.29 is 18.4 Å². The summed E-state index contributed by atoms with van der Waals surface area (Å²) in [5, 5.41) is 7.61. The minimum absolute atomic E-state index is 0.0247. The van der Waals surface area contributed by atoms with Gasteiger partial charge in [0.15, 0.2) is 0 Å². The van der Waals surface area contributed by atoms with Crippen molar-refractivity contribution in [3.8, 4) is 0 Å². The van der Waals surface area contributed by atoms with Gasteiger partial charge in [-0.3, -0.25) is 4.79 Å². The molecule has 128 valence electrons. The van der Waals surface area contributed by atoms with Crippen LogP contribution in [0.1, 0.15) is 37.1 Å². The Labute approximate surface area is 139 Å². The molecule has 2 aromatic rings. The standard InChI is InChI=1S/C17H20FN3O3/c1-17(2,3)13-9-12(14(24-13)15(22)19-4)21-16(23)20-11-7-5-10(18)6-8-11/h5-9H,1-4H3,(H,19,22)(H2,20,21,23). The van der Waals surface area contributed by atoms with E-state index in [4.69, 9.17) is 4.42 Å². The first-order valence-electron chi connectivity index (χ1n) is 7.40. The minimum atomic E-state index is -0.562. The van der Waals surface area contributed by atoms with Gasteiger partial charge in [0.2, 0.25) is 5.76 Å². The summed E-state index contributed by atoms with van der Waals surface area (Å²) in [4.78, 5) is 24.0. The summed E-state index contributed by atoms with van der Waals surface area (Å²) in [5.41, 5.74) is 0.365. The fraction of sp³-hybridized carbons (Fsp3) is 0.294. The summed E-state index contributed by atoms with van der Waals surface area (Å²) in [5.74, 6) is -0.245. The van der Waals surface area contributed by atoms with E-state index in [1.807, 2.05) is 20.8 Å². The Morgan fingerprint density at radius 1 is 1.08 bits per heavy atom. The van der Waals surface area contributed by atoms with Gasteiger partial charge in [-0.15, -0.1) is 0 Å². The fourth-order valence-electron chi connectivity index (χ4n) is 1.95. The third-order valence-electron chi connectivity index (χ3n) is 3.25. The first kappa shape index (κ1) is 17.5. The Morgan fingerprint density at radius 2 is 1.71 bits per heavy atom. The first-order chi connectivity index (χ1) is 11.2. The van der Waals surface area contributed by atoms with Gasteiger partial charge in [-0.1, -0.05) is 20.8 Å². The Balaban J connectivity index is 2.21. The van der Waals surface area contributed by atoms with Crippen molar-refractivity contribution in [1.82, 2.24) is 5.32 Å². The van der Waals surface area contributed by atoms with Crippen LogP contribution in [0.2, 0.25) is 0 Å². The van der Waals surface area contributed by atoms with E-state index in [1.54, 1.807) is 6.07 Å². The monoisotopic (exact) mass is 333 g/mol. The van der Waals surface area contributed by atoms with E-state index in [2.05, 4.69) is 16.0 Å². The number of anilines is 2. The van der Waals surface area contributed by atoms with Crippen molar-refractivity contribution in [2.45, 2.75) is 26.2 Å². The van der Waals surface area contributed by atoms with Crippen LogP contribution >= 0.6 is 0 Å². The third-order valence-corrected chi connectivity index (χ3v) is 3.25. The largest absolute Gasteiger partial charge is 0.453 e. The van der Waals surface area contributed by atoms with Crippen LogP contribution < -0.4 is 16.0 Å². The van der Waals surface area contributed by atoms with Crippen LogP contribution in [0.15, 0.2) is 34.7 Å². The fourth-order valence-corrected chi connectivity index (χ4v) is 1.95. The van der Waals surface area contributed by atoms with E-state index >= 15 is 0 Å². The van der Waals surface area contributed by atoms with Crippen molar-refractivity contribution in [2.24, 2.45) is 0 Å². The molecule has 0 saturated heterocycles. The van der Waals surface area contributed by atoms with E-state index in [0.29, 0.717) is 11.4 Å². The zero-order chi connectivity index (χ0) is 17.9. The molecule has 1 aromatic heterocycles. The number of carbonyl (C=O) groups is 2. The van der Waals surface area contributed by atoms with Crippen LogP contribution in [-0.4, -0.2) is 19.0 Å². The van der Waals surface area contributed by atoms with Crippen molar-refractivity contribution in [3.05, 3.63) is 47.7 Å². The zero-order valence-corrected chi connectivity index (χ0v) is 14.0. The average Bonchev–Trinajstić information content (AvgIpc) is 2.92. The summed E-state index contributed by atoms with van der Waals surface area (Å²) in [6.45, 7) is 5.80. The Morgan fingerprint density at radius 3 is 2.25 bits per heavy atom. The van der Waals surface area contributed by atoms with E-state index in [0.717, 1.165) is 0 Å². The SMILES string of the molecule is CNC(=O)c1oc(C(C)(C)C)cc1NC(=O)Nc1ccc(F)cc1. The van der Waals surface area contributed by atoms with Gasteiger partial charge >= 0.3 is 6.03 Å². The molecule has 0 radical (unpaired) electrons. The molecule has 0 spiro atoms. The number of nitrogens with one attached hydrogen (secondary N) is 3. The Bertz CT molecular complexity index is 745. The molecule has 0 atom stereocenters. The van der Waals surface area contributed by atoms with E-state index in [-0.39, 0.29) is 16.9 Å². The first-order valence-corrected chi connectivity index (χ1v) is 7.40. The van der Waals surface area contributed by atoms with Gasteiger partial charge in [0.1, 0.15) is 11.6 Å². The molecule has 24 heavy (non-hydrogen) atoms. The molecule has 0 aliphatic heterocycles. The lowest BCUT2D eigenvalue weighted by Gasteiger charge is -2.13. The molecule has 0 aliphatic carbocycles. The minimum Gasteiger partial charge on any atom is -0.453 e. The Hall–Kier alpha value is -2.83. The number of furan rings is 1. The number of benzene rings is 1. The molecule has 0 aliphatic rings. The highest BCUT2D eigenvalue weighted by Crippen LogP contribution is 2.30. The number of hydrogen-bond acceptors (Lipinski definition) is 3. The van der Waals surface area contributed by atoms with E-state index in [9.17, 15) is 14.0 Å². The number of rotatable bonds is 3. The highest BCUT2D eigenvalue weighted by atomic mass is 19.1. The summed E-state index contributed by atoms with van der Waals surface area (Å²) in [6, 6.07) is 6.40. The molecule has 3 amide bonds. The van der Waals surface area contributed by atoms with Gasteiger partial charge in [0.05, 0.1) is 5.69 Å². The predicted octanol–water partition coefficient (Wildman–Crippen LogP) is 3.72. The van der Waals surface area contributed by atoms with Gasteiger partial charge in [0, 0.05) is 24.2 Å². The van der Waals surface area contributed by atoms with Crippen molar-refractivity contribution in [2.75, 3.05) is 17.7 Å². The van der Waals surface area contributed by atoms with Crippen LogP contribution in [0.5, 0.6) is 0 Å². The maximum absolute atomic E-state index is 12.9. The lowest BCUT2D eigenvalue weighted by atomic mass is 9.93. The van der Waals surface area contributed by atoms with Crippen LogP contribution in [0.4, 0.5) is 20.6 Å². The van der Waals surface area contributed by atoms with Crippen LogP contribution in [0.3, 0.4) is 0 Å². The lowest BCUT2D eigenvalue weighted by molar-refractivity contribution is 0.0933. The highest BCUT2D eigenvalue weighted by molar-refractivity contribution is 6.05. The molecular weight excluding hydrogens is 313 g/mol. The molecule has 1 aromatic carbocycles. The predicted molar refractivity (Wildman–Crippen MR) is 89.8 cm³/mol. The molecular formula is C17H20FN3O3. The van der Waals surface area contributed by atoms with E-state index < -0.39 is 17.8 Å². The molecule has 6 nitrogen and oxygen atoms in total. The molecule has 2 rings (SSSR count). The van der Waals surface area contributed by atoms with Crippen molar-refractivity contribution in [1.29, 1.82) is 0 Å². The van der Waals surface area contributed by atoms with Gasteiger partial charge in [-0.05, 0) is 24.3 Å². The van der Waals surface area contributed by atoms with Gasteiger partial charge in [-0.2, -0.15) is 0 Å².